The molecule has 1 aromatic rings. The van der Waals surface area contributed by atoms with Crippen LogP contribution in [0.5, 0.6) is 5.75 Å². The van der Waals surface area contributed by atoms with Gasteiger partial charge in [-0.15, -0.1) is 0 Å². The molecule has 1 saturated carbocycles. The van der Waals surface area contributed by atoms with Crippen LogP contribution in [0.3, 0.4) is 0 Å². The van der Waals surface area contributed by atoms with Crippen LogP contribution in [0.4, 0.5) is 0 Å². The fourth-order valence-electron chi connectivity index (χ4n) is 2.28. The number of nitrogens with zero attached hydrogens (tertiary/aromatic N) is 1. The lowest BCUT2D eigenvalue weighted by Crippen LogP contribution is -2.19. The van der Waals surface area contributed by atoms with Gasteiger partial charge in [-0.1, -0.05) is 12.1 Å². The minimum Gasteiger partial charge on any atom is -0.624 e. The fraction of sp³-hybridized carbons (Fsp3) is 0.500. The highest BCUT2D eigenvalue weighted by atomic mass is 16.5. The lowest BCUT2D eigenvalue weighted by Gasteiger charge is -2.12. The van der Waals surface area contributed by atoms with E-state index >= 15 is 0 Å². The highest BCUT2D eigenvalue weighted by Crippen LogP contribution is 2.21. The van der Waals surface area contributed by atoms with Gasteiger partial charge in [0.15, 0.2) is 12.3 Å². The van der Waals surface area contributed by atoms with E-state index in [1.807, 2.05) is 31.2 Å². The van der Waals surface area contributed by atoms with Crippen molar-refractivity contribution in [2.45, 2.75) is 38.6 Å². The zero-order valence-electron chi connectivity index (χ0n) is 10.3. The number of ether oxygens (including phenoxy) is 1. The smallest absolute Gasteiger partial charge is 0.185 e. The first kappa shape index (κ1) is 12.0. The summed E-state index contributed by atoms with van der Waals surface area (Å²) in [6.07, 6.45) is 6.03. The third-order valence-electron chi connectivity index (χ3n) is 3.17. The van der Waals surface area contributed by atoms with Crippen molar-refractivity contribution in [3.8, 4) is 5.75 Å². The number of hydrogen-bond donors (Lipinski definition) is 0. The number of rotatable bonds is 4. The second kappa shape index (κ2) is 5.71. The summed E-state index contributed by atoms with van der Waals surface area (Å²) in [6.45, 7) is 2.57. The van der Waals surface area contributed by atoms with Crippen molar-refractivity contribution in [2.75, 3.05) is 6.61 Å². The molecule has 0 spiro atoms. The largest absolute Gasteiger partial charge is 0.624 e. The molecule has 1 aliphatic rings. The normalized spacial score (nSPS) is 17.4. The van der Waals surface area contributed by atoms with E-state index in [2.05, 4.69) is 0 Å². The Morgan fingerprint density at radius 2 is 2.06 bits per heavy atom. The van der Waals surface area contributed by atoms with Gasteiger partial charge < -0.3 is 9.94 Å². The van der Waals surface area contributed by atoms with Crippen LogP contribution in [0.2, 0.25) is 0 Å². The molecule has 2 rings (SSSR count). The molecular weight excluding hydrogens is 214 g/mol. The first-order valence-corrected chi connectivity index (χ1v) is 6.33. The molecule has 0 amide bonds. The Kier molecular flexibility index (Phi) is 4.02. The number of hydroxylamine groups is 1. The lowest BCUT2D eigenvalue weighted by molar-refractivity contribution is -0.494. The molecule has 0 saturated heterocycles. The Bertz CT molecular complexity index is 395. The molecule has 3 nitrogen and oxygen atoms in total. The van der Waals surface area contributed by atoms with Gasteiger partial charge in [-0.05, 0) is 31.9 Å². The predicted molar refractivity (Wildman–Crippen MR) is 68.7 cm³/mol. The maximum absolute atomic E-state index is 12.0. The van der Waals surface area contributed by atoms with Crippen LogP contribution in [0, 0.1) is 5.21 Å². The van der Waals surface area contributed by atoms with Gasteiger partial charge in [-0.2, -0.15) is 0 Å². The van der Waals surface area contributed by atoms with E-state index in [0.29, 0.717) is 6.61 Å². The Morgan fingerprint density at radius 1 is 1.35 bits per heavy atom. The third kappa shape index (κ3) is 2.99. The topological polar surface area (TPSA) is 35.3 Å². The molecule has 1 fully saturated rings. The fourth-order valence-corrected chi connectivity index (χ4v) is 2.28. The van der Waals surface area contributed by atoms with Gasteiger partial charge >= 0.3 is 0 Å². The van der Waals surface area contributed by atoms with Crippen molar-refractivity contribution >= 4 is 6.21 Å². The predicted octanol–water partition coefficient (Wildman–Crippen LogP) is 2.96. The molecule has 0 unspecified atom stereocenters. The SMILES string of the molecule is CCOc1ccccc1C=[N+]([O-])C1CCCC1. The van der Waals surface area contributed by atoms with Crippen molar-refractivity contribution in [2.24, 2.45) is 0 Å². The van der Waals surface area contributed by atoms with Gasteiger partial charge in [-0.3, -0.25) is 0 Å². The Labute approximate surface area is 102 Å². The van der Waals surface area contributed by atoms with E-state index in [0.717, 1.165) is 28.9 Å². The number of para-hydroxylation sites is 1. The second-order valence-corrected chi connectivity index (χ2v) is 4.40. The molecule has 1 aliphatic carbocycles. The highest BCUT2D eigenvalue weighted by Gasteiger charge is 2.21. The van der Waals surface area contributed by atoms with E-state index in [-0.39, 0.29) is 6.04 Å². The van der Waals surface area contributed by atoms with Crippen molar-refractivity contribution in [1.29, 1.82) is 0 Å². The molecule has 0 atom stereocenters. The zero-order chi connectivity index (χ0) is 12.1. The van der Waals surface area contributed by atoms with Crippen LogP contribution in [-0.2, 0) is 0 Å². The van der Waals surface area contributed by atoms with Crippen molar-refractivity contribution in [1.82, 2.24) is 0 Å². The molecule has 0 aromatic heterocycles. The molecule has 0 radical (unpaired) electrons. The summed E-state index contributed by atoms with van der Waals surface area (Å²) in [5.41, 5.74) is 0.872. The Morgan fingerprint density at radius 3 is 2.76 bits per heavy atom. The highest BCUT2D eigenvalue weighted by molar-refractivity contribution is 5.80. The molecular formula is C14H19NO2. The summed E-state index contributed by atoms with van der Waals surface area (Å²) in [5.74, 6) is 0.786. The van der Waals surface area contributed by atoms with Crippen LogP contribution in [-0.4, -0.2) is 23.6 Å². The summed E-state index contributed by atoms with van der Waals surface area (Å²) in [4.78, 5) is 0. The maximum atomic E-state index is 12.0. The van der Waals surface area contributed by atoms with Crippen molar-refractivity contribution < 1.29 is 9.48 Å². The van der Waals surface area contributed by atoms with Crippen molar-refractivity contribution in [3.05, 3.63) is 35.0 Å². The Hall–Kier alpha value is -1.51. The van der Waals surface area contributed by atoms with Gasteiger partial charge in [0.2, 0.25) is 0 Å². The quantitative estimate of drug-likeness (QED) is 0.347. The molecule has 0 aliphatic heterocycles. The van der Waals surface area contributed by atoms with E-state index in [1.165, 1.54) is 12.8 Å². The van der Waals surface area contributed by atoms with Gasteiger partial charge in [-0.25, -0.2) is 4.74 Å². The zero-order valence-corrected chi connectivity index (χ0v) is 10.3. The lowest BCUT2D eigenvalue weighted by atomic mass is 10.2. The number of benzene rings is 1. The van der Waals surface area contributed by atoms with Gasteiger partial charge in [0.05, 0.1) is 12.2 Å². The first-order valence-electron chi connectivity index (χ1n) is 6.33. The standard InChI is InChI=1S/C14H19NO2/c1-2-17-14-10-6-3-7-12(14)11-15(16)13-8-4-5-9-13/h3,6-7,10-11,13H,2,4-5,8-9H2,1H3. The van der Waals surface area contributed by atoms with E-state index in [4.69, 9.17) is 4.74 Å². The monoisotopic (exact) mass is 233 g/mol. The molecule has 0 N–H and O–H groups in total. The van der Waals surface area contributed by atoms with Crippen LogP contribution in [0.15, 0.2) is 24.3 Å². The molecule has 17 heavy (non-hydrogen) atoms. The maximum Gasteiger partial charge on any atom is 0.185 e. The molecule has 92 valence electrons. The van der Waals surface area contributed by atoms with Gasteiger partial charge in [0.1, 0.15) is 5.75 Å². The average Bonchev–Trinajstić information content (AvgIpc) is 2.85. The minimum absolute atomic E-state index is 0.157. The van der Waals surface area contributed by atoms with Crippen LogP contribution >= 0.6 is 0 Å². The minimum atomic E-state index is 0.157. The molecule has 1 aromatic carbocycles. The van der Waals surface area contributed by atoms with Crippen LogP contribution < -0.4 is 4.74 Å². The van der Waals surface area contributed by atoms with Gasteiger partial charge in [0.25, 0.3) is 0 Å². The van der Waals surface area contributed by atoms with E-state index < -0.39 is 0 Å². The summed E-state index contributed by atoms with van der Waals surface area (Å²) in [5, 5.41) is 12.0. The van der Waals surface area contributed by atoms with Crippen LogP contribution in [0.25, 0.3) is 0 Å². The van der Waals surface area contributed by atoms with E-state index in [9.17, 15) is 5.21 Å². The summed E-state index contributed by atoms with van der Waals surface area (Å²) < 4.78 is 6.61. The summed E-state index contributed by atoms with van der Waals surface area (Å²) >= 11 is 0. The summed E-state index contributed by atoms with van der Waals surface area (Å²) in [6, 6.07) is 7.83. The first-order chi connectivity index (χ1) is 8.31. The summed E-state index contributed by atoms with van der Waals surface area (Å²) in [7, 11) is 0. The third-order valence-corrected chi connectivity index (χ3v) is 3.17. The second-order valence-electron chi connectivity index (χ2n) is 4.40. The van der Waals surface area contributed by atoms with Crippen molar-refractivity contribution in [3.63, 3.8) is 0 Å². The van der Waals surface area contributed by atoms with E-state index in [1.54, 1.807) is 6.21 Å². The molecule has 0 bridgehead atoms. The molecule has 3 heteroatoms. The number of hydrogen-bond acceptors (Lipinski definition) is 2. The van der Waals surface area contributed by atoms with Crippen LogP contribution in [0.1, 0.15) is 38.2 Å². The molecule has 0 heterocycles. The Balaban J connectivity index is 2.18. The average molecular weight is 233 g/mol. The van der Waals surface area contributed by atoms with Gasteiger partial charge in [0, 0.05) is 12.8 Å².